The molecule has 5 amide bonds. The average molecular weight is 652 g/mol. The molecule has 45 heavy (non-hydrogen) atoms. The van der Waals surface area contributed by atoms with Gasteiger partial charge in [-0.15, -0.1) is 6.58 Å². The summed E-state index contributed by atoms with van der Waals surface area (Å²) < 4.78 is 26.0. The number of carbonyl (C=O) groups is 5. The van der Waals surface area contributed by atoms with Gasteiger partial charge in [0.15, 0.2) is 9.84 Å². The lowest BCUT2D eigenvalue weighted by Gasteiger charge is -2.48. The van der Waals surface area contributed by atoms with Crippen molar-refractivity contribution < 1.29 is 32.4 Å². The molecule has 3 rings (SSSR count). The van der Waals surface area contributed by atoms with E-state index < -0.39 is 74.2 Å². The number of nitrogens with zero attached hydrogens (tertiary/aromatic N) is 1. The molecule has 1 saturated carbocycles. The van der Waals surface area contributed by atoms with Crippen LogP contribution in [0.1, 0.15) is 92.9 Å². The van der Waals surface area contributed by atoms with Gasteiger partial charge in [-0.1, -0.05) is 66.9 Å². The van der Waals surface area contributed by atoms with Crippen LogP contribution in [0.4, 0.5) is 4.79 Å². The number of likely N-dealkylation sites (tertiary alicyclic amines) is 1. The first kappa shape index (κ1) is 36.5. The van der Waals surface area contributed by atoms with Crippen molar-refractivity contribution in [3.05, 3.63) is 12.7 Å². The number of hydrogen-bond acceptors (Lipinski definition) is 7. The number of rotatable bonds is 10. The number of piperidine rings is 1. The molecule has 0 aromatic heterocycles. The lowest BCUT2D eigenvalue weighted by Crippen LogP contribution is -2.66. The van der Waals surface area contributed by atoms with Crippen LogP contribution >= 0.6 is 0 Å². The molecule has 254 valence electrons. The number of carbonyl (C=O) groups excluding carboxylic acids is 5. The Morgan fingerprint density at radius 2 is 1.67 bits per heavy atom. The van der Waals surface area contributed by atoms with Crippen molar-refractivity contribution in [2.45, 2.75) is 116 Å². The third kappa shape index (κ3) is 8.65. The van der Waals surface area contributed by atoms with E-state index in [0.717, 1.165) is 19.3 Å². The second-order valence-electron chi connectivity index (χ2n) is 14.9. The van der Waals surface area contributed by atoms with E-state index in [1.165, 1.54) is 11.0 Å². The van der Waals surface area contributed by atoms with E-state index in [0.29, 0.717) is 32.1 Å². The number of sulfone groups is 1. The van der Waals surface area contributed by atoms with E-state index >= 15 is 0 Å². The van der Waals surface area contributed by atoms with E-state index in [4.69, 9.17) is 0 Å². The zero-order valence-electron chi connectivity index (χ0n) is 27.8. The van der Waals surface area contributed by atoms with Gasteiger partial charge in [-0.25, -0.2) is 13.2 Å². The van der Waals surface area contributed by atoms with Crippen LogP contribution in [0.15, 0.2) is 12.7 Å². The molecule has 12 nitrogen and oxygen atoms in total. The van der Waals surface area contributed by atoms with Gasteiger partial charge in [0.05, 0.1) is 23.1 Å². The summed E-state index contributed by atoms with van der Waals surface area (Å²) in [6.45, 7) is 14.8. The molecule has 0 radical (unpaired) electrons. The molecule has 0 aromatic carbocycles. The fraction of sp³-hybridized carbons (Fsp3) is 0.781. The van der Waals surface area contributed by atoms with Gasteiger partial charge < -0.3 is 26.2 Å². The Hall–Kier alpha value is -2.96. The highest BCUT2D eigenvalue weighted by molar-refractivity contribution is 7.92. The fourth-order valence-corrected chi connectivity index (χ4v) is 9.28. The van der Waals surface area contributed by atoms with Gasteiger partial charge in [-0.3, -0.25) is 19.2 Å². The van der Waals surface area contributed by atoms with Gasteiger partial charge in [0.25, 0.3) is 5.91 Å². The third-order valence-corrected chi connectivity index (χ3v) is 12.4. The fourth-order valence-electron chi connectivity index (χ4n) is 6.92. The molecular formula is C32H53N5O7S. The van der Waals surface area contributed by atoms with Crippen molar-refractivity contribution in [1.82, 2.24) is 26.2 Å². The summed E-state index contributed by atoms with van der Waals surface area (Å²) in [5.41, 5.74) is -1.96. The first-order chi connectivity index (χ1) is 20.8. The Labute approximate surface area is 268 Å². The van der Waals surface area contributed by atoms with Gasteiger partial charge in [0, 0.05) is 13.1 Å². The topological polar surface area (TPSA) is 171 Å². The number of hydrogen-bond donors (Lipinski definition) is 4. The average Bonchev–Trinajstić information content (AvgIpc) is 3.33. The first-order valence-electron chi connectivity index (χ1n) is 16.1. The van der Waals surface area contributed by atoms with Crippen LogP contribution in [0.2, 0.25) is 0 Å². The van der Waals surface area contributed by atoms with Crippen LogP contribution in [0.5, 0.6) is 0 Å². The lowest BCUT2D eigenvalue weighted by molar-refractivity contribution is -0.150. The Bertz CT molecular complexity index is 1270. The quantitative estimate of drug-likeness (QED) is 0.207. The number of amides is 5. The van der Waals surface area contributed by atoms with Crippen molar-refractivity contribution in [1.29, 1.82) is 0 Å². The molecule has 1 aliphatic carbocycles. The van der Waals surface area contributed by atoms with Crippen LogP contribution < -0.4 is 21.3 Å². The van der Waals surface area contributed by atoms with Crippen molar-refractivity contribution >= 4 is 39.4 Å². The van der Waals surface area contributed by atoms with E-state index in [9.17, 15) is 32.4 Å². The SMILES string of the molecule is C=CCNC(=O)C(=O)CNC(=O)[C@@H]1CC(C)(C)C(C)CN1C(=O)[C@@H](NC(=O)NC1([C@@H]2CCCS2(=O)=O)CCCCC1)C(C)(C)C. The largest absolute Gasteiger partial charge is 0.347 e. The number of urea groups is 1. The lowest BCUT2D eigenvalue weighted by atomic mass is 9.71. The van der Waals surface area contributed by atoms with Gasteiger partial charge in [0.1, 0.15) is 12.1 Å². The van der Waals surface area contributed by atoms with Crippen molar-refractivity contribution in [2.75, 3.05) is 25.4 Å². The van der Waals surface area contributed by atoms with Crippen LogP contribution in [-0.2, 0) is 29.0 Å². The minimum atomic E-state index is -3.35. The van der Waals surface area contributed by atoms with E-state index in [1.807, 2.05) is 41.5 Å². The number of Topliss-reactive ketones (excluding diaryl/α,β-unsaturated/α-hetero) is 1. The normalized spacial score (nSPS) is 26.2. The molecule has 0 bridgehead atoms. The molecule has 0 aromatic rings. The predicted octanol–water partition coefficient (Wildman–Crippen LogP) is 2.23. The van der Waals surface area contributed by atoms with Crippen molar-refractivity contribution in [2.24, 2.45) is 16.7 Å². The molecule has 2 saturated heterocycles. The molecule has 3 fully saturated rings. The molecule has 4 N–H and O–H groups in total. The maximum Gasteiger partial charge on any atom is 0.315 e. The summed E-state index contributed by atoms with van der Waals surface area (Å²) in [4.78, 5) is 67.2. The minimum absolute atomic E-state index is 0.0179. The molecule has 4 atom stereocenters. The Morgan fingerprint density at radius 1 is 1.02 bits per heavy atom. The maximum absolute atomic E-state index is 14.3. The summed E-state index contributed by atoms with van der Waals surface area (Å²) in [6, 6.07) is -2.57. The van der Waals surface area contributed by atoms with Crippen LogP contribution in [0.25, 0.3) is 0 Å². The maximum atomic E-state index is 14.3. The van der Waals surface area contributed by atoms with E-state index in [2.05, 4.69) is 27.8 Å². The van der Waals surface area contributed by atoms with Crippen LogP contribution in [0, 0.1) is 16.7 Å². The Morgan fingerprint density at radius 3 is 2.22 bits per heavy atom. The standard InChI is InChI=1S/C32H53N5O7S/c1-8-16-33-27(40)23(38)19-34-26(39)22-18-31(6,7)21(2)20-37(22)28(41)25(30(3,4)5)35-29(42)36-32(14-10-9-11-15-32)24-13-12-17-45(24,43)44/h8,21-22,24-25H,1,9-20H2,2-7H3,(H,33,40)(H,34,39)(H2,35,36,42)/t21?,22-,24-,25+/m0/s1. The Balaban J connectivity index is 1.83. The van der Waals surface area contributed by atoms with Crippen LogP contribution in [-0.4, -0.2) is 91.1 Å². The highest BCUT2D eigenvalue weighted by Gasteiger charge is 2.51. The highest BCUT2D eigenvalue weighted by atomic mass is 32.2. The summed E-state index contributed by atoms with van der Waals surface area (Å²) >= 11 is 0. The second kappa shape index (κ2) is 14.2. The molecule has 0 spiro atoms. The van der Waals surface area contributed by atoms with Crippen molar-refractivity contribution in [3.8, 4) is 0 Å². The number of ketones is 1. The van der Waals surface area contributed by atoms with Gasteiger partial charge in [0.2, 0.25) is 17.6 Å². The zero-order chi connectivity index (χ0) is 33.8. The zero-order valence-corrected chi connectivity index (χ0v) is 28.6. The second-order valence-corrected chi connectivity index (χ2v) is 17.2. The summed E-state index contributed by atoms with van der Waals surface area (Å²) in [6.07, 6.45) is 6.53. The van der Waals surface area contributed by atoms with Gasteiger partial charge >= 0.3 is 6.03 Å². The molecule has 2 aliphatic heterocycles. The third-order valence-electron chi connectivity index (χ3n) is 10.0. The van der Waals surface area contributed by atoms with Crippen molar-refractivity contribution in [3.63, 3.8) is 0 Å². The van der Waals surface area contributed by atoms with E-state index in [1.54, 1.807) is 0 Å². The molecule has 1 unspecified atom stereocenters. The first-order valence-corrected chi connectivity index (χ1v) is 17.9. The minimum Gasteiger partial charge on any atom is -0.347 e. The van der Waals surface area contributed by atoms with Crippen LogP contribution in [0.3, 0.4) is 0 Å². The summed E-state index contributed by atoms with van der Waals surface area (Å²) in [5.74, 6) is -2.53. The smallest absolute Gasteiger partial charge is 0.315 e. The Kier molecular flexibility index (Phi) is 11.5. The van der Waals surface area contributed by atoms with Gasteiger partial charge in [-0.2, -0.15) is 0 Å². The molecule has 2 heterocycles. The predicted molar refractivity (Wildman–Crippen MR) is 172 cm³/mol. The van der Waals surface area contributed by atoms with E-state index in [-0.39, 0.29) is 30.2 Å². The molecule has 3 aliphatic rings. The number of nitrogens with one attached hydrogen (secondary N) is 4. The summed E-state index contributed by atoms with van der Waals surface area (Å²) in [7, 11) is -3.35. The molecule has 13 heteroatoms. The highest BCUT2D eigenvalue weighted by Crippen LogP contribution is 2.41. The van der Waals surface area contributed by atoms with Gasteiger partial charge in [-0.05, 0) is 48.9 Å². The molecular weight excluding hydrogens is 598 g/mol. The summed E-state index contributed by atoms with van der Waals surface area (Å²) in [5, 5.41) is 10.2. The monoisotopic (exact) mass is 651 g/mol.